The Labute approximate surface area is 149 Å². The summed E-state index contributed by atoms with van der Waals surface area (Å²) in [5.74, 6) is -0.988. The fraction of sp³-hybridized carbons (Fsp3) is 0.294. The van der Waals surface area contributed by atoms with E-state index in [1.165, 1.54) is 36.8 Å². The van der Waals surface area contributed by atoms with E-state index in [4.69, 9.17) is 11.6 Å². The van der Waals surface area contributed by atoms with E-state index in [-0.39, 0.29) is 22.5 Å². The second-order valence-corrected chi connectivity index (χ2v) is 6.06. The van der Waals surface area contributed by atoms with Crippen LogP contribution in [0.3, 0.4) is 0 Å². The molecule has 1 saturated heterocycles. The van der Waals surface area contributed by atoms with Gasteiger partial charge in [0.05, 0.1) is 11.2 Å². The van der Waals surface area contributed by atoms with E-state index in [9.17, 15) is 14.0 Å². The molecule has 25 heavy (non-hydrogen) atoms. The molecule has 8 heteroatoms. The molecule has 3 rings (SSSR count). The van der Waals surface area contributed by atoms with E-state index in [0.29, 0.717) is 38.2 Å². The third-order valence-electron chi connectivity index (χ3n) is 4.02. The lowest BCUT2D eigenvalue weighted by Crippen LogP contribution is -2.37. The highest BCUT2D eigenvalue weighted by atomic mass is 35.5. The second kappa shape index (κ2) is 7.57. The molecule has 0 radical (unpaired) electrons. The Morgan fingerprint density at radius 3 is 2.40 bits per heavy atom. The predicted octanol–water partition coefficient (Wildman–Crippen LogP) is 2.26. The van der Waals surface area contributed by atoms with Gasteiger partial charge in [-0.1, -0.05) is 11.6 Å². The molecule has 130 valence electrons. The van der Waals surface area contributed by atoms with E-state index in [1.54, 1.807) is 9.80 Å². The average molecular weight is 363 g/mol. The normalized spacial score (nSPS) is 15.0. The fourth-order valence-corrected chi connectivity index (χ4v) is 2.89. The van der Waals surface area contributed by atoms with Crippen molar-refractivity contribution in [1.82, 2.24) is 19.8 Å². The van der Waals surface area contributed by atoms with Crippen molar-refractivity contribution in [2.24, 2.45) is 0 Å². The van der Waals surface area contributed by atoms with Gasteiger partial charge in [-0.2, -0.15) is 0 Å². The third-order valence-corrected chi connectivity index (χ3v) is 4.31. The highest BCUT2D eigenvalue weighted by molar-refractivity contribution is 6.31. The molecule has 1 aromatic heterocycles. The second-order valence-electron chi connectivity index (χ2n) is 5.66. The largest absolute Gasteiger partial charge is 0.337 e. The van der Waals surface area contributed by atoms with Gasteiger partial charge in [0.1, 0.15) is 11.5 Å². The monoisotopic (exact) mass is 362 g/mol. The van der Waals surface area contributed by atoms with Gasteiger partial charge in [0.2, 0.25) is 0 Å². The number of carbonyl (C=O) groups is 2. The minimum absolute atomic E-state index is 0.0832. The molecule has 0 N–H and O–H groups in total. The van der Waals surface area contributed by atoms with Crippen molar-refractivity contribution < 1.29 is 14.0 Å². The highest BCUT2D eigenvalue weighted by Crippen LogP contribution is 2.18. The van der Waals surface area contributed by atoms with Gasteiger partial charge in [0.25, 0.3) is 11.8 Å². The van der Waals surface area contributed by atoms with Gasteiger partial charge in [-0.05, 0) is 24.6 Å². The Morgan fingerprint density at radius 2 is 1.76 bits per heavy atom. The van der Waals surface area contributed by atoms with Crippen LogP contribution < -0.4 is 0 Å². The summed E-state index contributed by atoms with van der Waals surface area (Å²) in [7, 11) is 0. The van der Waals surface area contributed by atoms with Crippen LogP contribution >= 0.6 is 11.6 Å². The van der Waals surface area contributed by atoms with E-state index >= 15 is 0 Å². The number of nitrogens with zero attached hydrogens (tertiary/aromatic N) is 4. The Morgan fingerprint density at radius 1 is 1.04 bits per heavy atom. The average Bonchev–Trinajstić information content (AvgIpc) is 2.89. The van der Waals surface area contributed by atoms with Crippen LogP contribution in [0.4, 0.5) is 4.39 Å². The van der Waals surface area contributed by atoms with Crippen LogP contribution in [0.5, 0.6) is 0 Å². The molecule has 2 heterocycles. The van der Waals surface area contributed by atoms with Gasteiger partial charge in [-0.25, -0.2) is 9.37 Å². The lowest BCUT2D eigenvalue weighted by Gasteiger charge is -2.22. The molecular formula is C17H16ClFN4O2. The topological polar surface area (TPSA) is 66.4 Å². The molecule has 0 saturated carbocycles. The number of amides is 2. The maximum atomic E-state index is 13.3. The first kappa shape index (κ1) is 17.3. The van der Waals surface area contributed by atoms with Crippen LogP contribution in [0.2, 0.25) is 5.02 Å². The number of benzene rings is 1. The minimum atomic E-state index is -0.560. The molecule has 1 aromatic carbocycles. The van der Waals surface area contributed by atoms with Crippen LogP contribution in [0.1, 0.15) is 27.3 Å². The lowest BCUT2D eigenvalue weighted by molar-refractivity contribution is 0.0715. The number of rotatable bonds is 2. The first-order valence-corrected chi connectivity index (χ1v) is 8.23. The molecule has 1 aliphatic heterocycles. The Hall–Kier alpha value is -2.54. The summed E-state index contributed by atoms with van der Waals surface area (Å²) in [5.41, 5.74) is 0.618. The van der Waals surface area contributed by atoms with Crippen molar-refractivity contribution in [3.05, 3.63) is 58.9 Å². The van der Waals surface area contributed by atoms with Crippen LogP contribution in [0.25, 0.3) is 0 Å². The highest BCUT2D eigenvalue weighted by Gasteiger charge is 2.24. The van der Waals surface area contributed by atoms with Gasteiger partial charge in [0, 0.05) is 44.1 Å². The van der Waals surface area contributed by atoms with E-state index in [0.717, 1.165) is 0 Å². The fourth-order valence-electron chi connectivity index (χ4n) is 2.71. The van der Waals surface area contributed by atoms with Crippen molar-refractivity contribution in [3.63, 3.8) is 0 Å². The molecular weight excluding hydrogens is 347 g/mol. The van der Waals surface area contributed by atoms with Gasteiger partial charge in [0.15, 0.2) is 0 Å². The van der Waals surface area contributed by atoms with Crippen molar-refractivity contribution >= 4 is 23.4 Å². The molecule has 0 bridgehead atoms. The zero-order chi connectivity index (χ0) is 17.8. The quantitative estimate of drug-likeness (QED) is 0.822. The van der Waals surface area contributed by atoms with Gasteiger partial charge in [-0.3, -0.25) is 14.6 Å². The molecule has 1 fully saturated rings. The number of hydrogen-bond donors (Lipinski definition) is 0. The van der Waals surface area contributed by atoms with Crippen LogP contribution in [-0.2, 0) is 0 Å². The first-order valence-electron chi connectivity index (χ1n) is 7.86. The molecule has 2 amide bonds. The van der Waals surface area contributed by atoms with Crippen LogP contribution in [0.15, 0.2) is 36.8 Å². The Balaban J connectivity index is 1.68. The SMILES string of the molecule is O=C(c1ccc(F)c(Cl)c1)N1CCCN(C(=O)c2cnccn2)CC1. The smallest absolute Gasteiger partial charge is 0.274 e. The van der Waals surface area contributed by atoms with E-state index in [2.05, 4.69) is 9.97 Å². The van der Waals surface area contributed by atoms with Crippen molar-refractivity contribution in [2.45, 2.75) is 6.42 Å². The number of halogens is 2. The van der Waals surface area contributed by atoms with Crippen molar-refractivity contribution in [3.8, 4) is 0 Å². The minimum Gasteiger partial charge on any atom is -0.337 e. The zero-order valence-electron chi connectivity index (χ0n) is 13.4. The molecule has 0 atom stereocenters. The molecule has 1 aliphatic rings. The molecule has 0 spiro atoms. The Kier molecular flexibility index (Phi) is 5.23. The first-order chi connectivity index (χ1) is 12.1. The van der Waals surface area contributed by atoms with Gasteiger partial charge in [-0.15, -0.1) is 0 Å². The molecule has 6 nitrogen and oxygen atoms in total. The van der Waals surface area contributed by atoms with E-state index < -0.39 is 5.82 Å². The molecule has 2 aromatic rings. The van der Waals surface area contributed by atoms with Crippen LogP contribution in [0, 0.1) is 5.82 Å². The number of hydrogen-bond acceptors (Lipinski definition) is 4. The predicted molar refractivity (Wildman–Crippen MR) is 89.9 cm³/mol. The summed E-state index contributed by atoms with van der Waals surface area (Å²) >= 11 is 5.75. The zero-order valence-corrected chi connectivity index (χ0v) is 14.1. The van der Waals surface area contributed by atoms with Gasteiger partial charge < -0.3 is 9.80 Å². The van der Waals surface area contributed by atoms with Gasteiger partial charge >= 0.3 is 0 Å². The number of carbonyl (C=O) groups excluding carboxylic acids is 2. The van der Waals surface area contributed by atoms with E-state index in [1.807, 2.05) is 0 Å². The summed E-state index contributed by atoms with van der Waals surface area (Å²) in [5, 5.41) is -0.0832. The summed E-state index contributed by atoms with van der Waals surface area (Å²) in [4.78, 5) is 36.3. The Bertz CT molecular complexity index is 787. The maximum Gasteiger partial charge on any atom is 0.274 e. The van der Waals surface area contributed by atoms with Crippen LogP contribution in [-0.4, -0.2) is 57.8 Å². The summed E-state index contributed by atoms with van der Waals surface area (Å²) in [6.45, 7) is 1.83. The van der Waals surface area contributed by atoms with Crippen molar-refractivity contribution in [2.75, 3.05) is 26.2 Å². The molecule has 0 unspecified atom stereocenters. The maximum absolute atomic E-state index is 13.3. The summed E-state index contributed by atoms with van der Waals surface area (Å²) in [6.07, 6.45) is 5.05. The standard InChI is InChI=1S/C17H16ClFN4O2/c18-13-10-12(2-3-14(13)19)16(24)22-6-1-7-23(9-8-22)17(25)15-11-20-4-5-21-15/h2-5,10-11H,1,6-9H2. The molecule has 0 aliphatic carbocycles. The van der Waals surface area contributed by atoms with Crippen molar-refractivity contribution in [1.29, 1.82) is 0 Å². The lowest BCUT2D eigenvalue weighted by atomic mass is 10.2. The summed E-state index contributed by atoms with van der Waals surface area (Å²) < 4.78 is 13.3. The summed E-state index contributed by atoms with van der Waals surface area (Å²) in [6, 6.07) is 3.92. The third kappa shape index (κ3) is 3.93. The number of aromatic nitrogens is 2.